The molecule has 7 heteroatoms. The van der Waals surface area contributed by atoms with Crippen molar-refractivity contribution < 1.29 is 18.3 Å². The van der Waals surface area contributed by atoms with Gasteiger partial charge in [-0.05, 0) is 50.2 Å². The normalized spacial score (nSPS) is 14.8. The van der Waals surface area contributed by atoms with E-state index < -0.39 is 17.7 Å². The lowest BCUT2D eigenvalue weighted by atomic mass is 9.93. The molecule has 1 saturated heterocycles. The number of likely N-dealkylation sites (tertiary alicyclic amines) is 1. The molecule has 1 aliphatic heterocycles. The summed E-state index contributed by atoms with van der Waals surface area (Å²) in [4.78, 5) is 15.3. The Morgan fingerprint density at radius 2 is 1.50 bits per heavy atom. The molecule has 0 spiro atoms. The average Bonchev–Trinajstić information content (AvgIpc) is 2.85. The van der Waals surface area contributed by atoms with Crippen LogP contribution in [0.25, 0.3) is 0 Å². The number of hydrogen-bond donors (Lipinski definition) is 1. The molecule has 0 atom stereocenters. The molecule has 178 valence electrons. The predicted molar refractivity (Wildman–Crippen MR) is 129 cm³/mol. The standard InChI is InChI=1S/C27H27ClF2N2O2/c28-22-9-3-6-12-25(22)34-18-17-32-15-13-19(14-16-32)27(33)31-26(20-7-1-4-10-23(20)29)21-8-2-5-11-24(21)30/h1-12,19,26H,13-18H2,(H,31,33). The first-order valence-electron chi connectivity index (χ1n) is 11.4. The summed E-state index contributed by atoms with van der Waals surface area (Å²) in [5, 5.41) is 3.49. The first-order valence-corrected chi connectivity index (χ1v) is 11.8. The molecule has 34 heavy (non-hydrogen) atoms. The van der Waals surface area contributed by atoms with Gasteiger partial charge in [0.1, 0.15) is 24.0 Å². The fourth-order valence-corrected chi connectivity index (χ4v) is 4.46. The molecule has 3 aromatic carbocycles. The maximum Gasteiger partial charge on any atom is 0.223 e. The van der Waals surface area contributed by atoms with Crippen molar-refractivity contribution in [3.05, 3.63) is 101 Å². The summed E-state index contributed by atoms with van der Waals surface area (Å²) in [5.41, 5.74) is 0.491. The van der Waals surface area contributed by atoms with E-state index in [1.54, 1.807) is 42.5 Å². The molecule has 1 amide bonds. The zero-order valence-electron chi connectivity index (χ0n) is 18.7. The van der Waals surface area contributed by atoms with Crippen LogP contribution in [-0.2, 0) is 4.79 Å². The van der Waals surface area contributed by atoms with Crippen molar-refractivity contribution in [2.45, 2.75) is 18.9 Å². The lowest BCUT2D eigenvalue weighted by molar-refractivity contribution is -0.127. The molecule has 0 bridgehead atoms. The Bertz CT molecular complexity index is 1070. The fraction of sp³-hybridized carbons (Fsp3) is 0.296. The summed E-state index contributed by atoms with van der Waals surface area (Å²) in [7, 11) is 0. The van der Waals surface area contributed by atoms with Gasteiger partial charge in [0.15, 0.2) is 0 Å². The number of para-hydroxylation sites is 1. The molecule has 4 rings (SSSR count). The lowest BCUT2D eigenvalue weighted by Gasteiger charge is -2.32. The first kappa shape index (κ1) is 24.2. The van der Waals surface area contributed by atoms with E-state index in [4.69, 9.17) is 16.3 Å². The van der Waals surface area contributed by atoms with Gasteiger partial charge in [0.25, 0.3) is 0 Å². The topological polar surface area (TPSA) is 41.6 Å². The van der Waals surface area contributed by atoms with E-state index in [0.29, 0.717) is 30.2 Å². The number of carbonyl (C=O) groups excluding carboxylic acids is 1. The van der Waals surface area contributed by atoms with Crippen LogP contribution in [-0.4, -0.2) is 37.0 Å². The molecule has 0 unspecified atom stereocenters. The van der Waals surface area contributed by atoms with Crippen molar-refractivity contribution in [2.75, 3.05) is 26.2 Å². The van der Waals surface area contributed by atoms with E-state index in [0.717, 1.165) is 19.6 Å². The monoisotopic (exact) mass is 484 g/mol. The number of carbonyl (C=O) groups is 1. The van der Waals surface area contributed by atoms with E-state index in [1.165, 1.54) is 12.1 Å². The quantitative estimate of drug-likeness (QED) is 0.451. The van der Waals surface area contributed by atoms with Crippen molar-refractivity contribution >= 4 is 17.5 Å². The zero-order valence-corrected chi connectivity index (χ0v) is 19.5. The number of ether oxygens (including phenoxy) is 1. The van der Waals surface area contributed by atoms with Gasteiger partial charge in [0, 0.05) is 23.6 Å². The first-order chi connectivity index (χ1) is 16.5. The number of rotatable bonds is 8. The van der Waals surface area contributed by atoms with Gasteiger partial charge in [-0.25, -0.2) is 8.78 Å². The highest BCUT2D eigenvalue weighted by atomic mass is 35.5. The molecule has 4 nitrogen and oxygen atoms in total. The maximum absolute atomic E-state index is 14.6. The lowest BCUT2D eigenvalue weighted by Crippen LogP contribution is -2.43. The summed E-state index contributed by atoms with van der Waals surface area (Å²) in [6, 6.07) is 18.8. The van der Waals surface area contributed by atoms with Gasteiger partial charge in [-0.1, -0.05) is 60.1 Å². The van der Waals surface area contributed by atoms with E-state index in [-0.39, 0.29) is 23.0 Å². The molecule has 0 saturated carbocycles. The second-order valence-corrected chi connectivity index (χ2v) is 8.79. The van der Waals surface area contributed by atoms with Crippen molar-refractivity contribution in [3.8, 4) is 5.75 Å². The highest BCUT2D eigenvalue weighted by Crippen LogP contribution is 2.28. The van der Waals surface area contributed by atoms with Crippen molar-refractivity contribution in [1.82, 2.24) is 10.2 Å². The third-order valence-corrected chi connectivity index (χ3v) is 6.49. The van der Waals surface area contributed by atoms with Gasteiger partial charge in [0.2, 0.25) is 5.91 Å². The van der Waals surface area contributed by atoms with Crippen LogP contribution in [0.3, 0.4) is 0 Å². The van der Waals surface area contributed by atoms with Gasteiger partial charge >= 0.3 is 0 Å². The Labute approximate surface area is 203 Å². The van der Waals surface area contributed by atoms with E-state index >= 15 is 0 Å². The third kappa shape index (κ3) is 5.93. The number of piperidine rings is 1. The zero-order chi connectivity index (χ0) is 23.9. The third-order valence-electron chi connectivity index (χ3n) is 6.18. The molecule has 1 N–H and O–H groups in total. The minimum atomic E-state index is -0.892. The largest absolute Gasteiger partial charge is 0.491 e. The molecule has 0 radical (unpaired) electrons. The molecule has 0 aromatic heterocycles. The number of nitrogens with zero attached hydrogens (tertiary/aromatic N) is 1. The van der Waals surface area contributed by atoms with Crippen molar-refractivity contribution in [2.24, 2.45) is 5.92 Å². The molecule has 1 heterocycles. The minimum Gasteiger partial charge on any atom is -0.491 e. The van der Waals surface area contributed by atoms with Gasteiger partial charge in [0.05, 0.1) is 11.1 Å². The van der Waals surface area contributed by atoms with E-state index in [9.17, 15) is 13.6 Å². The summed E-state index contributed by atoms with van der Waals surface area (Å²) < 4.78 is 34.9. The van der Waals surface area contributed by atoms with Gasteiger partial charge in [-0.3, -0.25) is 9.69 Å². The van der Waals surface area contributed by atoms with E-state index in [2.05, 4.69) is 10.2 Å². The van der Waals surface area contributed by atoms with Crippen molar-refractivity contribution in [1.29, 1.82) is 0 Å². The Balaban J connectivity index is 1.35. The molecule has 1 fully saturated rings. The van der Waals surface area contributed by atoms with Gasteiger partial charge < -0.3 is 10.1 Å². The number of benzene rings is 3. The Morgan fingerprint density at radius 3 is 2.09 bits per heavy atom. The highest BCUT2D eigenvalue weighted by Gasteiger charge is 2.29. The SMILES string of the molecule is O=C(NC(c1ccccc1F)c1ccccc1F)C1CCN(CCOc2ccccc2Cl)CC1. The summed E-state index contributed by atoms with van der Waals surface area (Å²) >= 11 is 6.12. The summed E-state index contributed by atoms with van der Waals surface area (Å²) in [5.74, 6) is -0.718. The number of amides is 1. The summed E-state index contributed by atoms with van der Waals surface area (Å²) in [6.45, 7) is 2.72. The maximum atomic E-state index is 14.6. The van der Waals surface area contributed by atoms with Crippen LogP contribution >= 0.6 is 11.6 Å². The average molecular weight is 485 g/mol. The predicted octanol–water partition coefficient (Wildman–Crippen LogP) is 5.61. The number of halogens is 3. The Hall–Kier alpha value is -2.96. The molecule has 0 aliphatic carbocycles. The van der Waals surface area contributed by atoms with Crippen LogP contribution in [0.4, 0.5) is 8.78 Å². The van der Waals surface area contributed by atoms with E-state index in [1.807, 2.05) is 18.2 Å². The minimum absolute atomic E-state index is 0.191. The van der Waals surface area contributed by atoms with Gasteiger partial charge in [-0.15, -0.1) is 0 Å². The molecular formula is C27H27ClF2N2O2. The van der Waals surface area contributed by atoms with Crippen molar-refractivity contribution in [3.63, 3.8) is 0 Å². The highest BCUT2D eigenvalue weighted by molar-refractivity contribution is 6.32. The van der Waals surface area contributed by atoms with Crippen LogP contribution in [0.15, 0.2) is 72.8 Å². The summed E-state index contributed by atoms with van der Waals surface area (Å²) in [6.07, 6.45) is 1.33. The smallest absolute Gasteiger partial charge is 0.223 e. The van der Waals surface area contributed by atoms with Crippen LogP contribution in [0.5, 0.6) is 5.75 Å². The second kappa shape index (κ2) is 11.4. The number of nitrogens with one attached hydrogen (secondary N) is 1. The fourth-order valence-electron chi connectivity index (χ4n) is 4.27. The Kier molecular flexibility index (Phi) is 8.14. The van der Waals surface area contributed by atoms with Crippen LogP contribution in [0.2, 0.25) is 5.02 Å². The molecular weight excluding hydrogens is 458 g/mol. The number of hydrogen-bond acceptors (Lipinski definition) is 3. The Morgan fingerprint density at radius 1 is 0.941 bits per heavy atom. The van der Waals surface area contributed by atoms with Crippen LogP contribution in [0, 0.1) is 17.6 Å². The van der Waals surface area contributed by atoms with Crippen LogP contribution in [0.1, 0.15) is 30.0 Å². The molecule has 3 aromatic rings. The van der Waals surface area contributed by atoms with Gasteiger partial charge in [-0.2, -0.15) is 0 Å². The molecule has 1 aliphatic rings. The second-order valence-electron chi connectivity index (χ2n) is 8.38. The van der Waals surface area contributed by atoms with Crippen LogP contribution < -0.4 is 10.1 Å².